The molecule has 0 N–H and O–H groups in total. The van der Waals surface area contributed by atoms with Crippen molar-refractivity contribution in [3.63, 3.8) is 0 Å². The first-order chi connectivity index (χ1) is 36.0. The molecule has 0 rings (SSSR count). The van der Waals surface area contributed by atoms with Gasteiger partial charge in [-0.2, -0.15) is 0 Å². The lowest BCUT2D eigenvalue weighted by Crippen LogP contribution is -2.30. The van der Waals surface area contributed by atoms with Crippen molar-refractivity contribution in [3.05, 3.63) is 97.2 Å². The van der Waals surface area contributed by atoms with Crippen LogP contribution in [0, 0.1) is 0 Å². The molecule has 418 valence electrons. The van der Waals surface area contributed by atoms with Crippen molar-refractivity contribution in [1.29, 1.82) is 0 Å². The van der Waals surface area contributed by atoms with Crippen LogP contribution in [-0.4, -0.2) is 37.2 Å². The standard InChI is InChI=1S/C67H114O6/c1-4-7-10-13-15-17-19-21-23-24-25-26-27-28-29-30-31-32-33-34-35-36-37-38-39-40-41-42-44-45-47-49-51-54-57-60-66(69)72-63-64(62-71-65(68)59-56-53-12-9-6-3)73-67(70)61-58-55-52-50-48-46-43-22-20-18-16-14-11-8-5-2/h7-8,10-11,15-18,21-23,25-26,43,48,50,64H,4-6,9,12-14,19-20,24,27-42,44-47,49,51-63H2,1-3H3/b10-7-,11-8-,17-15-,18-16-,23-21-,26-25-,43-22-,50-48-. The zero-order valence-electron chi connectivity index (χ0n) is 47.9. The molecule has 1 atom stereocenters. The van der Waals surface area contributed by atoms with E-state index >= 15 is 0 Å². The van der Waals surface area contributed by atoms with E-state index in [-0.39, 0.29) is 37.5 Å². The van der Waals surface area contributed by atoms with Gasteiger partial charge in [-0.25, -0.2) is 0 Å². The zero-order valence-corrected chi connectivity index (χ0v) is 47.9. The Morgan fingerprint density at radius 1 is 0.288 bits per heavy atom. The van der Waals surface area contributed by atoms with Crippen molar-refractivity contribution in [1.82, 2.24) is 0 Å². The Balaban J connectivity index is 3.91. The number of hydrogen-bond donors (Lipinski definition) is 0. The van der Waals surface area contributed by atoms with E-state index in [1.54, 1.807) is 0 Å². The van der Waals surface area contributed by atoms with Crippen molar-refractivity contribution >= 4 is 17.9 Å². The molecule has 1 unspecified atom stereocenters. The normalized spacial score (nSPS) is 12.8. The minimum Gasteiger partial charge on any atom is -0.462 e. The molecule has 6 nitrogen and oxygen atoms in total. The van der Waals surface area contributed by atoms with Crippen LogP contribution < -0.4 is 0 Å². The van der Waals surface area contributed by atoms with Crippen molar-refractivity contribution in [2.45, 2.75) is 297 Å². The molecule has 0 aliphatic heterocycles. The number of hydrogen-bond acceptors (Lipinski definition) is 6. The van der Waals surface area contributed by atoms with Gasteiger partial charge in [0.15, 0.2) is 6.10 Å². The fraction of sp³-hybridized carbons (Fsp3) is 0.716. The minimum atomic E-state index is -0.793. The summed E-state index contributed by atoms with van der Waals surface area (Å²) in [5.74, 6) is -0.942. The van der Waals surface area contributed by atoms with Crippen molar-refractivity contribution in [3.8, 4) is 0 Å². The van der Waals surface area contributed by atoms with Crippen molar-refractivity contribution in [2.75, 3.05) is 13.2 Å². The number of rotatable bonds is 55. The summed E-state index contributed by atoms with van der Waals surface area (Å²) in [6.07, 6.45) is 82.0. The maximum Gasteiger partial charge on any atom is 0.306 e. The van der Waals surface area contributed by atoms with Gasteiger partial charge in [0, 0.05) is 19.3 Å². The second-order valence-electron chi connectivity index (χ2n) is 20.2. The quantitative estimate of drug-likeness (QED) is 0.0261. The Morgan fingerprint density at radius 3 is 0.863 bits per heavy atom. The van der Waals surface area contributed by atoms with Crippen LogP contribution in [0.3, 0.4) is 0 Å². The van der Waals surface area contributed by atoms with Crippen LogP contribution in [0.2, 0.25) is 0 Å². The summed E-state index contributed by atoms with van der Waals surface area (Å²) in [6, 6.07) is 0. The Hall–Kier alpha value is -3.67. The van der Waals surface area contributed by atoms with Crippen LogP contribution in [0.5, 0.6) is 0 Å². The second kappa shape index (κ2) is 60.9. The van der Waals surface area contributed by atoms with Gasteiger partial charge in [-0.05, 0) is 96.3 Å². The van der Waals surface area contributed by atoms with E-state index in [2.05, 4.69) is 118 Å². The molecular weight excluding hydrogens is 901 g/mol. The molecule has 6 heteroatoms. The van der Waals surface area contributed by atoms with Gasteiger partial charge in [0.1, 0.15) is 13.2 Å². The molecule has 0 saturated heterocycles. The van der Waals surface area contributed by atoms with E-state index in [4.69, 9.17) is 14.2 Å². The third-order valence-corrected chi connectivity index (χ3v) is 13.1. The smallest absolute Gasteiger partial charge is 0.306 e. The van der Waals surface area contributed by atoms with Gasteiger partial charge in [0.25, 0.3) is 0 Å². The van der Waals surface area contributed by atoms with Gasteiger partial charge in [0.05, 0.1) is 0 Å². The Bertz CT molecular complexity index is 1440. The largest absolute Gasteiger partial charge is 0.462 e. The molecule has 0 spiro atoms. The second-order valence-corrected chi connectivity index (χ2v) is 20.2. The highest BCUT2D eigenvalue weighted by atomic mass is 16.6. The lowest BCUT2D eigenvalue weighted by molar-refractivity contribution is -0.167. The monoisotopic (exact) mass is 1010 g/mol. The highest BCUT2D eigenvalue weighted by Crippen LogP contribution is 2.17. The van der Waals surface area contributed by atoms with Crippen LogP contribution in [-0.2, 0) is 28.6 Å². The van der Waals surface area contributed by atoms with E-state index in [0.717, 1.165) is 109 Å². The molecule has 0 heterocycles. The number of ether oxygens (including phenoxy) is 3. The lowest BCUT2D eigenvalue weighted by atomic mass is 10.0. The Labute approximate surface area is 451 Å². The Morgan fingerprint density at radius 2 is 0.534 bits per heavy atom. The maximum atomic E-state index is 12.7. The third-order valence-electron chi connectivity index (χ3n) is 13.1. The van der Waals surface area contributed by atoms with Crippen LogP contribution >= 0.6 is 0 Å². The maximum absolute atomic E-state index is 12.7. The van der Waals surface area contributed by atoms with E-state index in [1.165, 1.54) is 135 Å². The summed E-state index contributed by atoms with van der Waals surface area (Å²) >= 11 is 0. The molecule has 0 saturated carbocycles. The molecule has 0 aromatic heterocycles. The van der Waals surface area contributed by atoms with Gasteiger partial charge in [-0.15, -0.1) is 0 Å². The molecule has 0 bridgehead atoms. The van der Waals surface area contributed by atoms with E-state index < -0.39 is 6.10 Å². The molecule has 0 aromatic carbocycles. The summed E-state index contributed by atoms with van der Waals surface area (Å²) in [5, 5.41) is 0. The summed E-state index contributed by atoms with van der Waals surface area (Å²) in [6.45, 7) is 6.30. The summed E-state index contributed by atoms with van der Waals surface area (Å²) in [7, 11) is 0. The summed E-state index contributed by atoms with van der Waals surface area (Å²) < 4.78 is 16.7. The number of esters is 3. The van der Waals surface area contributed by atoms with Gasteiger partial charge in [-0.3, -0.25) is 14.4 Å². The average Bonchev–Trinajstić information content (AvgIpc) is 3.39. The SMILES string of the molecule is CC/C=C\C/C=C\C/C=C\C/C=C\CCCCCCCCCCCCCCCCCCCCCCCCC(=O)OCC(COC(=O)CCCCCCC)OC(=O)CCCC/C=C\C/C=C\C/C=C\C/C=C\CC. The molecule has 0 aliphatic rings. The minimum absolute atomic E-state index is 0.0911. The van der Waals surface area contributed by atoms with Gasteiger partial charge < -0.3 is 14.2 Å². The molecule has 0 aromatic rings. The number of unbranched alkanes of at least 4 members (excludes halogenated alkanes) is 28. The predicted molar refractivity (Wildman–Crippen MR) is 316 cm³/mol. The van der Waals surface area contributed by atoms with Crippen LogP contribution in [0.25, 0.3) is 0 Å². The third kappa shape index (κ3) is 59.1. The molecule has 0 fully saturated rings. The molecule has 0 amide bonds. The molecule has 73 heavy (non-hydrogen) atoms. The highest BCUT2D eigenvalue weighted by molar-refractivity contribution is 5.71. The Kier molecular flexibility index (Phi) is 57.8. The van der Waals surface area contributed by atoms with E-state index in [9.17, 15) is 14.4 Å². The predicted octanol–water partition coefficient (Wildman–Crippen LogP) is 20.9. The number of allylic oxidation sites excluding steroid dienone is 16. The average molecular weight is 1020 g/mol. The lowest BCUT2D eigenvalue weighted by Gasteiger charge is -2.18. The first-order valence-corrected chi connectivity index (χ1v) is 30.7. The van der Waals surface area contributed by atoms with Crippen molar-refractivity contribution < 1.29 is 28.6 Å². The highest BCUT2D eigenvalue weighted by Gasteiger charge is 2.19. The van der Waals surface area contributed by atoms with Crippen molar-refractivity contribution in [2.24, 2.45) is 0 Å². The zero-order chi connectivity index (χ0) is 52.9. The topological polar surface area (TPSA) is 78.9 Å². The summed E-state index contributed by atoms with van der Waals surface area (Å²) in [5.41, 5.74) is 0. The number of carbonyl (C=O) groups excluding carboxylic acids is 3. The first kappa shape index (κ1) is 69.3. The fourth-order valence-electron chi connectivity index (χ4n) is 8.54. The fourth-order valence-corrected chi connectivity index (χ4v) is 8.54. The molecule has 0 radical (unpaired) electrons. The van der Waals surface area contributed by atoms with Gasteiger partial charge in [-0.1, -0.05) is 272 Å². The first-order valence-electron chi connectivity index (χ1n) is 30.7. The van der Waals surface area contributed by atoms with Crippen LogP contribution in [0.1, 0.15) is 290 Å². The van der Waals surface area contributed by atoms with E-state index in [0.29, 0.717) is 19.3 Å². The molecular formula is C67H114O6. The molecule has 0 aliphatic carbocycles. The van der Waals surface area contributed by atoms with Gasteiger partial charge >= 0.3 is 17.9 Å². The van der Waals surface area contributed by atoms with Crippen LogP contribution in [0.4, 0.5) is 0 Å². The van der Waals surface area contributed by atoms with Gasteiger partial charge in [0.2, 0.25) is 0 Å². The van der Waals surface area contributed by atoms with Crippen LogP contribution in [0.15, 0.2) is 97.2 Å². The number of carbonyl (C=O) groups is 3. The van der Waals surface area contributed by atoms with E-state index in [1.807, 2.05) is 0 Å². The summed E-state index contributed by atoms with van der Waals surface area (Å²) in [4.78, 5) is 37.8.